The van der Waals surface area contributed by atoms with Crippen LogP contribution in [0.4, 0.5) is 5.69 Å². The van der Waals surface area contributed by atoms with Gasteiger partial charge in [-0.2, -0.15) is 0 Å². The van der Waals surface area contributed by atoms with Gasteiger partial charge in [-0.05, 0) is 49.9 Å². The van der Waals surface area contributed by atoms with Crippen LogP contribution in [0.25, 0.3) is 0 Å². The summed E-state index contributed by atoms with van der Waals surface area (Å²) >= 11 is 0. The summed E-state index contributed by atoms with van der Waals surface area (Å²) in [5.74, 6) is 0. The first-order chi connectivity index (χ1) is 10.2. The van der Waals surface area contributed by atoms with Gasteiger partial charge < -0.3 is 10.2 Å². The molecule has 0 saturated carbocycles. The predicted molar refractivity (Wildman–Crippen MR) is 95.1 cm³/mol. The molecule has 0 aromatic heterocycles. The summed E-state index contributed by atoms with van der Waals surface area (Å²) in [5.41, 5.74) is 2.70. The molecule has 1 aromatic rings. The number of unbranched alkanes of at least 4 members (excludes halogenated alkanes) is 3. The molecular weight excluding hydrogens is 256 g/mol. The first-order valence-electron chi connectivity index (χ1n) is 8.30. The number of anilines is 1. The molecule has 0 heterocycles. The van der Waals surface area contributed by atoms with E-state index in [1.807, 2.05) is 6.08 Å². The third-order valence-electron chi connectivity index (χ3n) is 3.83. The maximum atomic E-state index is 3.79. The van der Waals surface area contributed by atoms with Gasteiger partial charge in [0.1, 0.15) is 0 Å². The molecule has 0 aliphatic rings. The second-order valence-electron chi connectivity index (χ2n) is 5.92. The Kier molecular flexibility index (Phi) is 8.84. The van der Waals surface area contributed by atoms with Crippen molar-refractivity contribution < 1.29 is 0 Å². The monoisotopic (exact) mass is 288 g/mol. The molecule has 1 atom stereocenters. The molecule has 1 unspecified atom stereocenters. The molecule has 0 radical (unpaired) electrons. The van der Waals surface area contributed by atoms with E-state index < -0.39 is 0 Å². The van der Waals surface area contributed by atoms with Gasteiger partial charge in [-0.1, -0.05) is 38.0 Å². The van der Waals surface area contributed by atoms with E-state index in [4.69, 9.17) is 0 Å². The summed E-state index contributed by atoms with van der Waals surface area (Å²) in [5, 5.41) is 3.70. The molecule has 2 heteroatoms. The average Bonchev–Trinajstić information content (AvgIpc) is 2.50. The zero-order valence-electron chi connectivity index (χ0n) is 14.1. The molecule has 1 aromatic carbocycles. The maximum absolute atomic E-state index is 3.79. The van der Waals surface area contributed by atoms with Crippen molar-refractivity contribution in [3.63, 3.8) is 0 Å². The highest BCUT2D eigenvalue weighted by Gasteiger charge is 2.11. The van der Waals surface area contributed by atoms with Gasteiger partial charge in [0.15, 0.2) is 0 Å². The molecule has 0 aliphatic carbocycles. The Morgan fingerprint density at radius 2 is 2.05 bits per heavy atom. The van der Waals surface area contributed by atoms with Gasteiger partial charge in [-0.15, -0.1) is 6.58 Å². The Labute approximate surface area is 131 Å². The largest absolute Gasteiger partial charge is 0.378 e. The van der Waals surface area contributed by atoms with Crippen LogP contribution < -0.4 is 10.2 Å². The lowest BCUT2D eigenvalue weighted by Crippen LogP contribution is -2.22. The van der Waals surface area contributed by atoms with E-state index in [1.54, 1.807) is 0 Å². The molecule has 2 nitrogen and oxygen atoms in total. The summed E-state index contributed by atoms with van der Waals surface area (Å²) in [7, 11) is 4.20. The van der Waals surface area contributed by atoms with Gasteiger partial charge in [0.25, 0.3) is 0 Å². The summed E-state index contributed by atoms with van der Waals surface area (Å²) < 4.78 is 0. The first-order valence-corrected chi connectivity index (χ1v) is 8.30. The number of hydrogen-bond acceptors (Lipinski definition) is 2. The van der Waals surface area contributed by atoms with Crippen molar-refractivity contribution in [3.05, 3.63) is 42.5 Å². The fourth-order valence-electron chi connectivity index (χ4n) is 2.54. The molecule has 1 rings (SSSR count). The molecule has 118 valence electrons. The number of nitrogens with one attached hydrogen (secondary N) is 1. The second kappa shape index (κ2) is 10.4. The lowest BCUT2D eigenvalue weighted by Gasteiger charge is -2.21. The van der Waals surface area contributed by atoms with E-state index in [2.05, 4.69) is 62.1 Å². The van der Waals surface area contributed by atoms with Gasteiger partial charge in [0.05, 0.1) is 0 Å². The van der Waals surface area contributed by atoms with Crippen LogP contribution in [0.15, 0.2) is 36.9 Å². The molecule has 1 N–H and O–H groups in total. The quantitative estimate of drug-likeness (QED) is 0.459. The molecule has 0 spiro atoms. The van der Waals surface area contributed by atoms with Gasteiger partial charge in [0.2, 0.25) is 0 Å². The summed E-state index contributed by atoms with van der Waals surface area (Å²) in [6.07, 6.45) is 9.40. The number of hydrogen-bond donors (Lipinski definition) is 1. The normalized spacial score (nSPS) is 12.1. The van der Waals surface area contributed by atoms with Gasteiger partial charge in [0, 0.05) is 25.8 Å². The Morgan fingerprint density at radius 1 is 1.24 bits per heavy atom. The predicted octanol–water partition coefficient (Wildman–Crippen LogP) is 4.93. The highest BCUT2D eigenvalue weighted by atomic mass is 15.1. The summed E-state index contributed by atoms with van der Waals surface area (Å²) in [4.78, 5) is 2.17. The van der Waals surface area contributed by atoms with Crippen molar-refractivity contribution in [1.29, 1.82) is 0 Å². The highest BCUT2D eigenvalue weighted by molar-refractivity contribution is 5.47. The van der Waals surface area contributed by atoms with Crippen LogP contribution in [0, 0.1) is 0 Å². The van der Waals surface area contributed by atoms with Gasteiger partial charge in [-0.25, -0.2) is 0 Å². The van der Waals surface area contributed by atoms with Crippen LogP contribution >= 0.6 is 0 Å². The highest BCUT2D eigenvalue weighted by Crippen LogP contribution is 2.24. The molecule has 0 bridgehead atoms. The number of benzene rings is 1. The molecule has 0 amide bonds. The minimum absolute atomic E-state index is 0.480. The van der Waals surface area contributed by atoms with E-state index in [-0.39, 0.29) is 0 Å². The van der Waals surface area contributed by atoms with Crippen molar-refractivity contribution in [2.24, 2.45) is 0 Å². The zero-order valence-corrected chi connectivity index (χ0v) is 14.1. The lowest BCUT2D eigenvalue weighted by atomic mass is 9.99. The van der Waals surface area contributed by atoms with Crippen LogP contribution in [0.1, 0.15) is 57.1 Å². The second-order valence-corrected chi connectivity index (χ2v) is 5.92. The van der Waals surface area contributed by atoms with Gasteiger partial charge in [-0.3, -0.25) is 0 Å². The minimum Gasteiger partial charge on any atom is -0.378 e. The summed E-state index contributed by atoms with van der Waals surface area (Å²) in [6.45, 7) is 7.10. The van der Waals surface area contributed by atoms with E-state index >= 15 is 0 Å². The fraction of sp³-hybridized carbons (Fsp3) is 0.579. The molecule has 0 fully saturated rings. The van der Waals surface area contributed by atoms with Crippen molar-refractivity contribution in [2.75, 3.05) is 25.5 Å². The van der Waals surface area contributed by atoms with E-state index in [1.165, 1.54) is 43.4 Å². The third-order valence-corrected chi connectivity index (χ3v) is 3.83. The Hall–Kier alpha value is -1.28. The van der Waals surface area contributed by atoms with Crippen LogP contribution in [-0.4, -0.2) is 20.6 Å². The molecule has 0 saturated heterocycles. The SMILES string of the molecule is C=CCCCCCC(NCCC)c1cccc(N(C)C)c1. The number of rotatable bonds is 11. The van der Waals surface area contributed by atoms with E-state index in [0.29, 0.717) is 6.04 Å². The Morgan fingerprint density at radius 3 is 2.71 bits per heavy atom. The van der Waals surface area contributed by atoms with E-state index in [9.17, 15) is 0 Å². The van der Waals surface area contributed by atoms with Crippen molar-refractivity contribution in [1.82, 2.24) is 5.32 Å². The van der Waals surface area contributed by atoms with Crippen molar-refractivity contribution >= 4 is 5.69 Å². The smallest absolute Gasteiger partial charge is 0.0364 e. The number of allylic oxidation sites excluding steroid dienone is 1. The zero-order chi connectivity index (χ0) is 15.5. The Bertz CT molecular complexity index is 398. The molecular formula is C19H32N2. The fourth-order valence-corrected chi connectivity index (χ4v) is 2.54. The van der Waals surface area contributed by atoms with Crippen molar-refractivity contribution in [3.8, 4) is 0 Å². The van der Waals surface area contributed by atoms with Crippen LogP contribution in [0.3, 0.4) is 0 Å². The summed E-state index contributed by atoms with van der Waals surface area (Å²) in [6, 6.07) is 9.39. The third kappa shape index (κ3) is 6.81. The van der Waals surface area contributed by atoms with Crippen LogP contribution in [0.2, 0.25) is 0 Å². The Balaban J connectivity index is 2.62. The average molecular weight is 288 g/mol. The maximum Gasteiger partial charge on any atom is 0.0364 e. The molecule has 0 aliphatic heterocycles. The number of nitrogens with zero attached hydrogens (tertiary/aromatic N) is 1. The van der Waals surface area contributed by atoms with Crippen LogP contribution in [-0.2, 0) is 0 Å². The standard InChI is InChI=1S/C19H32N2/c1-5-7-8-9-10-14-19(20-15-6-2)17-12-11-13-18(16-17)21(3)4/h5,11-13,16,19-20H,1,6-10,14-15H2,2-4H3. The lowest BCUT2D eigenvalue weighted by molar-refractivity contribution is 0.472. The minimum atomic E-state index is 0.480. The first kappa shape index (κ1) is 17.8. The topological polar surface area (TPSA) is 15.3 Å². The van der Waals surface area contributed by atoms with E-state index in [0.717, 1.165) is 13.0 Å². The van der Waals surface area contributed by atoms with Crippen LogP contribution in [0.5, 0.6) is 0 Å². The molecule has 21 heavy (non-hydrogen) atoms. The van der Waals surface area contributed by atoms with Crippen molar-refractivity contribution in [2.45, 2.75) is 51.5 Å². The van der Waals surface area contributed by atoms with Gasteiger partial charge >= 0.3 is 0 Å².